The molecule has 1 atom stereocenters. The zero-order valence-corrected chi connectivity index (χ0v) is 11.3. The quantitative estimate of drug-likeness (QED) is 0.845. The number of methoxy groups -OCH3 is 1. The van der Waals surface area contributed by atoms with Gasteiger partial charge in [0.05, 0.1) is 19.8 Å². The lowest BCUT2D eigenvalue weighted by atomic mass is 10.1. The topological polar surface area (TPSA) is 41.5 Å². The molecule has 0 fully saturated rings. The monoisotopic (exact) mass is 287 g/mol. The van der Waals surface area contributed by atoms with Gasteiger partial charge in [-0.3, -0.25) is 0 Å². The Balaban J connectivity index is 2.92. The fraction of sp³-hybridized carbons (Fsp3) is 0.500. The van der Waals surface area contributed by atoms with E-state index in [4.69, 9.17) is 4.74 Å². The van der Waals surface area contributed by atoms with Crippen molar-refractivity contribution in [1.29, 1.82) is 0 Å². The van der Waals surface area contributed by atoms with Gasteiger partial charge >= 0.3 is 0 Å². The highest BCUT2D eigenvalue weighted by Gasteiger charge is 2.14. The van der Waals surface area contributed by atoms with Gasteiger partial charge < -0.3 is 15.2 Å². The van der Waals surface area contributed by atoms with Crippen LogP contribution in [0.5, 0.6) is 5.75 Å². The van der Waals surface area contributed by atoms with Gasteiger partial charge in [-0.25, -0.2) is 0 Å². The van der Waals surface area contributed by atoms with Crippen molar-refractivity contribution in [2.75, 3.05) is 20.3 Å². The fourth-order valence-electron chi connectivity index (χ4n) is 1.57. The molecule has 1 rings (SSSR count). The summed E-state index contributed by atoms with van der Waals surface area (Å²) in [6, 6.07) is 5.72. The van der Waals surface area contributed by atoms with E-state index in [2.05, 4.69) is 28.2 Å². The maximum atomic E-state index is 9.38. The highest BCUT2D eigenvalue weighted by atomic mass is 79.9. The third-order valence-corrected chi connectivity index (χ3v) is 2.88. The van der Waals surface area contributed by atoms with Gasteiger partial charge in [0.2, 0.25) is 0 Å². The van der Waals surface area contributed by atoms with Gasteiger partial charge in [0.1, 0.15) is 5.75 Å². The molecule has 1 aromatic rings. The van der Waals surface area contributed by atoms with E-state index in [1.807, 2.05) is 18.2 Å². The van der Waals surface area contributed by atoms with Crippen LogP contribution in [0.15, 0.2) is 22.7 Å². The molecule has 3 nitrogen and oxygen atoms in total. The van der Waals surface area contributed by atoms with Crippen LogP contribution in [0.25, 0.3) is 0 Å². The van der Waals surface area contributed by atoms with Crippen LogP contribution in [0, 0.1) is 0 Å². The van der Waals surface area contributed by atoms with Gasteiger partial charge in [-0.15, -0.1) is 0 Å². The fourth-order valence-corrected chi connectivity index (χ4v) is 1.95. The second-order valence-electron chi connectivity index (χ2n) is 3.58. The molecule has 0 saturated carbocycles. The van der Waals surface area contributed by atoms with E-state index in [1.165, 1.54) is 0 Å². The Morgan fingerprint density at radius 1 is 1.50 bits per heavy atom. The standard InChI is InChI=1S/C12H18BrNO2/c1-3-6-14-11(8-15)10-7-9(13)4-5-12(10)16-2/h4-5,7,11,14-15H,3,6,8H2,1-2H3. The van der Waals surface area contributed by atoms with Gasteiger partial charge in [0.25, 0.3) is 0 Å². The van der Waals surface area contributed by atoms with E-state index in [9.17, 15) is 5.11 Å². The molecule has 0 heterocycles. The molecule has 0 bridgehead atoms. The van der Waals surface area contributed by atoms with E-state index >= 15 is 0 Å². The molecule has 0 aliphatic rings. The summed E-state index contributed by atoms with van der Waals surface area (Å²) in [5, 5.41) is 12.7. The van der Waals surface area contributed by atoms with Gasteiger partial charge in [-0.05, 0) is 31.2 Å². The summed E-state index contributed by atoms with van der Waals surface area (Å²) < 4.78 is 6.28. The van der Waals surface area contributed by atoms with E-state index < -0.39 is 0 Å². The number of benzene rings is 1. The second kappa shape index (κ2) is 6.89. The highest BCUT2D eigenvalue weighted by Crippen LogP contribution is 2.28. The number of hydrogen-bond donors (Lipinski definition) is 2. The van der Waals surface area contributed by atoms with E-state index in [1.54, 1.807) is 7.11 Å². The van der Waals surface area contributed by atoms with Crippen molar-refractivity contribution in [2.45, 2.75) is 19.4 Å². The molecule has 0 aliphatic heterocycles. The first-order valence-corrected chi connectivity index (χ1v) is 6.19. The molecular weight excluding hydrogens is 270 g/mol. The zero-order chi connectivity index (χ0) is 12.0. The van der Waals surface area contributed by atoms with Crippen LogP contribution in [0.4, 0.5) is 0 Å². The molecular formula is C12H18BrNO2. The van der Waals surface area contributed by atoms with Gasteiger partial charge in [0.15, 0.2) is 0 Å². The molecule has 4 heteroatoms. The summed E-state index contributed by atoms with van der Waals surface area (Å²) in [5.41, 5.74) is 0.979. The third kappa shape index (κ3) is 3.47. The molecule has 2 N–H and O–H groups in total. The summed E-state index contributed by atoms with van der Waals surface area (Å²) >= 11 is 3.43. The van der Waals surface area contributed by atoms with Crippen LogP contribution >= 0.6 is 15.9 Å². The Morgan fingerprint density at radius 2 is 2.25 bits per heavy atom. The Kier molecular flexibility index (Phi) is 5.80. The first kappa shape index (κ1) is 13.5. The van der Waals surface area contributed by atoms with Gasteiger partial charge in [-0.1, -0.05) is 22.9 Å². The lowest BCUT2D eigenvalue weighted by Gasteiger charge is -2.19. The Bertz CT molecular complexity index is 331. The van der Waals surface area contributed by atoms with Gasteiger partial charge in [-0.2, -0.15) is 0 Å². The largest absolute Gasteiger partial charge is 0.496 e. The zero-order valence-electron chi connectivity index (χ0n) is 9.66. The first-order chi connectivity index (χ1) is 7.72. The summed E-state index contributed by atoms with van der Waals surface area (Å²) in [4.78, 5) is 0. The lowest BCUT2D eigenvalue weighted by molar-refractivity contribution is 0.241. The minimum atomic E-state index is -0.0765. The summed E-state index contributed by atoms with van der Waals surface area (Å²) in [7, 11) is 1.64. The predicted molar refractivity (Wildman–Crippen MR) is 68.8 cm³/mol. The van der Waals surface area contributed by atoms with Crippen molar-refractivity contribution < 1.29 is 9.84 Å². The average molecular weight is 288 g/mol. The molecule has 0 aliphatic carbocycles. The normalized spacial score (nSPS) is 12.5. The van der Waals surface area contributed by atoms with E-state index in [0.717, 1.165) is 28.8 Å². The number of hydrogen-bond acceptors (Lipinski definition) is 3. The second-order valence-corrected chi connectivity index (χ2v) is 4.49. The summed E-state index contributed by atoms with van der Waals surface area (Å²) in [6.07, 6.45) is 1.03. The van der Waals surface area contributed by atoms with E-state index in [-0.39, 0.29) is 12.6 Å². The number of halogens is 1. The van der Waals surface area contributed by atoms with Crippen molar-refractivity contribution in [3.05, 3.63) is 28.2 Å². The minimum Gasteiger partial charge on any atom is -0.496 e. The van der Waals surface area contributed by atoms with Crippen LogP contribution in [-0.2, 0) is 0 Å². The third-order valence-electron chi connectivity index (χ3n) is 2.39. The minimum absolute atomic E-state index is 0.0623. The molecule has 0 saturated heterocycles. The van der Waals surface area contributed by atoms with Crippen LogP contribution in [-0.4, -0.2) is 25.4 Å². The molecule has 1 unspecified atom stereocenters. The maximum Gasteiger partial charge on any atom is 0.123 e. The first-order valence-electron chi connectivity index (χ1n) is 5.40. The number of aliphatic hydroxyl groups is 1. The number of rotatable bonds is 6. The molecule has 1 aromatic carbocycles. The Labute approximate surface area is 105 Å². The average Bonchev–Trinajstić information content (AvgIpc) is 2.30. The maximum absolute atomic E-state index is 9.38. The van der Waals surface area contributed by atoms with Crippen molar-refractivity contribution in [1.82, 2.24) is 5.32 Å². The number of ether oxygens (including phenoxy) is 1. The van der Waals surface area contributed by atoms with Crippen molar-refractivity contribution in [3.63, 3.8) is 0 Å². The van der Waals surface area contributed by atoms with Crippen molar-refractivity contribution >= 4 is 15.9 Å². The molecule has 0 spiro atoms. The van der Waals surface area contributed by atoms with E-state index in [0.29, 0.717) is 0 Å². The van der Waals surface area contributed by atoms with Crippen LogP contribution in [0.2, 0.25) is 0 Å². The summed E-state index contributed by atoms with van der Waals surface area (Å²) in [6.45, 7) is 3.04. The van der Waals surface area contributed by atoms with Crippen LogP contribution in [0.3, 0.4) is 0 Å². The van der Waals surface area contributed by atoms with Crippen molar-refractivity contribution in [3.8, 4) is 5.75 Å². The Hall–Kier alpha value is -0.580. The Morgan fingerprint density at radius 3 is 2.81 bits per heavy atom. The van der Waals surface area contributed by atoms with Crippen LogP contribution in [0.1, 0.15) is 24.9 Å². The lowest BCUT2D eigenvalue weighted by Crippen LogP contribution is -2.25. The molecule has 16 heavy (non-hydrogen) atoms. The molecule has 0 radical (unpaired) electrons. The predicted octanol–water partition coefficient (Wildman–Crippen LogP) is 2.49. The molecule has 90 valence electrons. The smallest absolute Gasteiger partial charge is 0.123 e. The van der Waals surface area contributed by atoms with Gasteiger partial charge in [0, 0.05) is 10.0 Å². The number of nitrogens with one attached hydrogen (secondary N) is 1. The van der Waals surface area contributed by atoms with Crippen LogP contribution < -0.4 is 10.1 Å². The highest BCUT2D eigenvalue weighted by molar-refractivity contribution is 9.10. The summed E-state index contributed by atoms with van der Waals surface area (Å²) in [5.74, 6) is 0.797. The van der Waals surface area contributed by atoms with Crippen molar-refractivity contribution in [2.24, 2.45) is 0 Å². The molecule has 0 aromatic heterocycles. The number of aliphatic hydroxyl groups excluding tert-OH is 1. The molecule has 0 amide bonds. The SMILES string of the molecule is CCCNC(CO)c1cc(Br)ccc1OC.